The number of benzene rings is 2. The van der Waals surface area contributed by atoms with Gasteiger partial charge in [0, 0.05) is 31.1 Å². The van der Waals surface area contributed by atoms with E-state index in [-0.39, 0.29) is 6.04 Å². The molecule has 4 nitrogen and oxygen atoms in total. The van der Waals surface area contributed by atoms with Crippen LogP contribution in [0.25, 0.3) is 0 Å². The minimum atomic E-state index is -0.629. The summed E-state index contributed by atoms with van der Waals surface area (Å²) in [5, 5.41) is 10.1. The highest BCUT2D eigenvalue weighted by molar-refractivity contribution is 5.73. The molecule has 1 N–H and O–H groups in total. The molecule has 3 fully saturated rings. The Labute approximate surface area is 229 Å². The van der Waals surface area contributed by atoms with Crippen molar-refractivity contribution in [3.8, 4) is 12.3 Å². The summed E-state index contributed by atoms with van der Waals surface area (Å²) in [5.74, 6) is 4.43. The van der Waals surface area contributed by atoms with Crippen molar-refractivity contribution in [2.75, 3.05) is 32.7 Å². The monoisotopic (exact) mass is 512 g/mol. The Morgan fingerprint density at radius 2 is 1.79 bits per heavy atom. The van der Waals surface area contributed by atoms with Crippen LogP contribution in [0.15, 0.2) is 54.6 Å². The molecule has 0 bridgehead atoms. The van der Waals surface area contributed by atoms with Crippen molar-refractivity contribution < 1.29 is 9.90 Å². The summed E-state index contributed by atoms with van der Waals surface area (Å²) < 4.78 is 0. The number of carboxylic acid groups (broad SMARTS) is 1. The Kier molecular flexibility index (Phi) is 9.20. The summed E-state index contributed by atoms with van der Waals surface area (Å²) in [4.78, 5) is 17.3. The zero-order valence-electron chi connectivity index (χ0n) is 22.8. The van der Waals surface area contributed by atoms with Crippen LogP contribution in [0, 0.1) is 30.1 Å². The average Bonchev–Trinajstić information content (AvgIpc) is 3.32. The first-order chi connectivity index (χ1) is 18.6. The van der Waals surface area contributed by atoms with Crippen LogP contribution in [0.1, 0.15) is 74.0 Å². The van der Waals surface area contributed by atoms with E-state index in [0.29, 0.717) is 17.8 Å². The van der Waals surface area contributed by atoms with Crippen LogP contribution in [0.4, 0.5) is 0 Å². The summed E-state index contributed by atoms with van der Waals surface area (Å²) in [6.07, 6.45) is 16.2. The number of carbonyl (C=O) groups is 1. The number of hydrogen-bond donors (Lipinski definition) is 1. The van der Waals surface area contributed by atoms with E-state index in [1.807, 2.05) is 6.07 Å². The molecule has 0 amide bonds. The molecule has 1 aliphatic carbocycles. The Morgan fingerprint density at radius 3 is 2.47 bits per heavy atom. The smallest absolute Gasteiger partial charge is 0.320 e. The Morgan fingerprint density at radius 1 is 1.00 bits per heavy atom. The molecule has 0 radical (unpaired) electrons. The van der Waals surface area contributed by atoms with Gasteiger partial charge < -0.3 is 10.0 Å². The quantitative estimate of drug-likeness (QED) is 0.372. The summed E-state index contributed by atoms with van der Waals surface area (Å²) >= 11 is 0. The standard InChI is InChI=1S/C34H44N2O2/c1-2-26-9-6-11-28(21-26)12-7-10-27-17-19-35(20-18-27)23-31-24-36(25-32(31)30-15-4-3-5-16-30)33(34(37)38)22-29-13-8-14-29/h1,3-6,9,11,15-16,21,27,29,31-33H,7-8,10,12-14,17-20,22-25H2,(H,37,38)/t31-,32+,33-/m0/s1. The van der Waals surface area contributed by atoms with Gasteiger partial charge in [0.25, 0.3) is 0 Å². The van der Waals surface area contributed by atoms with Crippen molar-refractivity contribution in [1.29, 1.82) is 0 Å². The van der Waals surface area contributed by atoms with E-state index in [1.165, 1.54) is 69.2 Å². The van der Waals surface area contributed by atoms with Gasteiger partial charge in [-0.3, -0.25) is 9.69 Å². The van der Waals surface area contributed by atoms with Gasteiger partial charge in [-0.2, -0.15) is 0 Å². The van der Waals surface area contributed by atoms with Crippen molar-refractivity contribution in [3.63, 3.8) is 0 Å². The van der Waals surface area contributed by atoms with Gasteiger partial charge in [-0.05, 0) is 86.2 Å². The van der Waals surface area contributed by atoms with Crippen molar-refractivity contribution in [3.05, 3.63) is 71.3 Å². The van der Waals surface area contributed by atoms with Gasteiger partial charge in [-0.1, -0.05) is 74.1 Å². The third-order valence-corrected chi connectivity index (χ3v) is 9.58. The number of carboxylic acids is 1. The first-order valence-electron chi connectivity index (χ1n) is 14.9. The SMILES string of the molecule is C#Cc1cccc(CCCC2CCN(C[C@H]3CN([C@@H](CC4CCC4)C(=O)O)C[C@@H]3c3ccccc3)CC2)c1. The zero-order valence-corrected chi connectivity index (χ0v) is 22.8. The Balaban J connectivity index is 1.14. The number of rotatable bonds is 11. The van der Waals surface area contributed by atoms with Crippen LogP contribution in [0.3, 0.4) is 0 Å². The highest BCUT2D eigenvalue weighted by Gasteiger charge is 2.41. The van der Waals surface area contributed by atoms with E-state index >= 15 is 0 Å². The molecule has 5 rings (SSSR count). The summed E-state index contributed by atoms with van der Waals surface area (Å²) in [6.45, 7) is 5.19. The third-order valence-electron chi connectivity index (χ3n) is 9.58. The number of likely N-dealkylation sites (tertiary alicyclic amines) is 2. The van der Waals surface area contributed by atoms with E-state index in [4.69, 9.17) is 6.42 Å². The average molecular weight is 513 g/mol. The van der Waals surface area contributed by atoms with E-state index in [1.54, 1.807) is 0 Å². The Hall–Kier alpha value is -2.61. The predicted octanol–water partition coefficient (Wildman–Crippen LogP) is 6.06. The second-order valence-corrected chi connectivity index (χ2v) is 12.1. The molecule has 2 aliphatic heterocycles. The topological polar surface area (TPSA) is 43.8 Å². The molecule has 38 heavy (non-hydrogen) atoms. The lowest BCUT2D eigenvalue weighted by molar-refractivity contribution is -0.144. The van der Waals surface area contributed by atoms with Gasteiger partial charge in [0.05, 0.1) is 0 Å². The van der Waals surface area contributed by atoms with Gasteiger partial charge >= 0.3 is 5.97 Å². The number of terminal acetylenes is 1. The highest BCUT2D eigenvalue weighted by Crippen LogP contribution is 2.38. The van der Waals surface area contributed by atoms with Crippen LogP contribution in [0.2, 0.25) is 0 Å². The molecule has 3 aliphatic rings. The number of hydrogen-bond acceptors (Lipinski definition) is 3. The van der Waals surface area contributed by atoms with Crippen molar-refractivity contribution >= 4 is 5.97 Å². The lowest BCUT2D eigenvalue weighted by Gasteiger charge is -2.35. The van der Waals surface area contributed by atoms with Gasteiger partial charge in [-0.15, -0.1) is 6.42 Å². The van der Waals surface area contributed by atoms with Crippen molar-refractivity contribution in [2.24, 2.45) is 17.8 Å². The van der Waals surface area contributed by atoms with Crippen LogP contribution in [-0.4, -0.2) is 59.6 Å². The van der Waals surface area contributed by atoms with E-state index in [0.717, 1.165) is 44.0 Å². The van der Waals surface area contributed by atoms with Crippen LogP contribution < -0.4 is 0 Å². The number of aliphatic carboxylic acids is 1. The minimum Gasteiger partial charge on any atom is -0.480 e. The molecule has 2 aromatic rings. The molecule has 0 spiro atoms. The van der Waals surface area contributed by atoms with Crippen molar-refractivity contribution in [2.45, 2.75) is 69.7 Å². The van der Waals surface area contributed by atoms with E-state index < -0.39 is 5.97 Å². The minimum absolute atomic E-state index is 0.330. The van der Waals surface area contributed by atoms with Gasteiger partial charge in [0.2, 0.25) is 0 Å². The molecule has 3 atom stereocenters. The molecule has 2 aromatic carbocycles. The maximum atomic E-state index is 12.3. The van der Waals surface area contributed by atoms with Gasteiger partial charge in [-0.25, -0.2) is 0 Å². The first-order valence-corrected chi connectivity index (χ1v) is 14.9. The normalized spacial score (nSPS) is 24.1. The predicted molar refractivity (Wildman–Crippen MR) is 154 cm³/mol. The molecular formula is C34H44N2O2. The number of nitrogens with zero attached hydrogens (tertiary/aromatic N) is 2. The fourth-order valence-corrected chi connectivity index (χ4v) is 7.07. The second kappa shape index (κ2) is 13.0. The van der Waals surface area contributed by atoms with Gasteiger partial charge in [0.15, 0.2) is 0 Å². The third kappa shape index (κ3) is 6.87. The first kappa shape index (κ1) is 27.0. The summed E-state index contributed by atoms with van der Waals surface area (Å²) in [5.41, 5.74) is 3.71. The van der Waals surface area contributed by atoms with Crippen LogP contribution >= 0.6 is 0 Å². The molecule has 202 valence electrons. The van der Waals surface area contributed by atoms with E-state index in [2.05, 4.69) is 64.3 Å². The van der Waals surface area contributed by atoms with Crippen molar-refractivity contribution in [1.82, 2.24) is 9.80 Å². The van der Waals surface area contributed by atoms with E-state index in [9.17, 15) is 9.90 Å². The van der Waals surface area contributed by atoms with Crippen LogP contribution in [-0.2, 0) is 11.2 Å². The zero-order chi connectivity index (χ0) is 26.3. The highest BCUT2D eigenvalue weighted by atomic mass is 16.4. The fourth-order valence-electron chi connectivity index (χ4n) is 7.07. The largest absolute Gasteiger partial charge is 0.480 e. The molecule has 4 heteroatoms. The fraction of sp³-hybridized carbons (Fsp3) is 0.559. The summed E-state index contributed by atoms with van der Waals surface area (Å²) in [6, 6.07) is 18.9. The van der Waals surface area contributed by atoms with Crippen LogP contribution in [0.5, 0.6) is 0 Å². The van der Waals surface area contributed by atoms with Gasteiger partial charge in [0.1, 0.15) is 6.04 Å². The molecule has 2 saturated heterocycles. The lowest BCUT2D eigenvalue weighted by Crippen LogP contribution is -2.43. The maximum absolute atomic E-state index is 12.3. The molecule has 0 aromatic heterocycles. The molecule has 0 unspecified atom stereocenters. The Bertz CT molecular complexity index is 1080. The summed E-state index contributed by atoms with van der Waals surface area (Å²) in [7, 11) is 0. The lowest BCUT2D eigenvalue weighted by atomic mass is 9.80. The number of aryl methyl sites for hydroxylation is 1. The molecular weight excluding hydrogens is 468 g/mol. The second-order valence-electron chi connectivity index (χ2n) is 12.1. The molecule has 1 saturated carbocycles. The maximum Gasteiger partial charge on any atom is 0.320 e. The molecule has 2 heterocycles. The number of piperidine rings is 1.